The first-order valence-corrected chi connectivity index (χ1v) is 8.30. The number of para-hydroxylation sites is 1. The quantitative estimate of drug-likeness (QED) is 0.859. The highest BCUT2D eigenvalue weighted by Crippen LogP contribution is 2.35. The molecule has 21 heavy (non-hydrogen) atoms. The Labute approximate surface area is 128 Å². The van der Waals surface area contributed by atoms with Crippen molar-refractivity contribution in [2.45, 2.75) is 58.5 Å². The van der Waals surface area contributed by atoms with Crippen LogP contribution in [0.25, 0.3) is 0 Å². The van der Waals surface area contributed by atoms with E-state index in [1.165, 1.54) is 25.7 Å². The molecule has 1 aromatic rings. The molecule has 118 valence electrons. The first-order chi connectivity index (χ1) is 10.1. The van der Waals surface area contributed by atoms with E-state index >= 15 is 0 Å². The summed E-state index contributed by atoms with van der Waals surface area (Å²) in [5.41, 5.74) is 1.85. The average molecular weight is 292 g/mol. The molecule has 1 aliphatic rings. The molecule has 2 nitrogen and oxygen atoms in total. The van der Waals surface area contributed by atoms with Crippen molar-refractivity contribution in [3.63, 3.8) is 0 Å². The van der Waals surface area contributed by atoms with Crippen molar-refractivity contribution in [2.75, 3.05) is 18.5 Å². The van der Waals surface area contributed by atoms with Crippen molar-refractivity contribution >= 4 is 5.69 Å². The summed E-state index contributed by atoms with van der Waals surface area (Å²) in [6, 6.07) is 6.07. The van der Waals surface area contributed by atoms with Crippen LogP contribution in [-0.4, -0.2) is 19.6 Å². The van der Waals surface area contributed by atoms with Crippen molar-refractivity contribution in [1.29, 1.82) is 0 Å². The highest BCUT2D eigenvalue weighted by Gasteiger charge is 2.28. The minimum Gasteiger partial charge on any atom is -0.369 e. The third-order valence-electron chi connectivity index (χ3n) is 4.91. The van der Waals surface area contributed by atoms with Gasteiger partial charge >= 0.3 is 0 Å². The van der Waals surface area contributed by atoms with Gasteiger partial charge in [0.15, 0.2) is 0 Å². The van der Waals surface area contributed by atoms with E-state index in [1.54, 1.807) is 6.07 Å². The summed E-state index contributed by atoms with van der Waals surface area (Å²) in [6.07, 6.45) is 4.98. The zero-order valence-corrected chi connectivity index (χ0v) is 13.8. The third-order valence-corrected chi connectivity index (χ3v) is 4.91. The van der Waals surface area contributed by atoms with Crippen LogP contribution < -0.4 is 10.2 Å². The summed E-state index contributed by atoms with van der Waals surface area (Å²) in [7, 11) is 2.06. The molecule has 1 N–H and O–H groups in total. The normalized spacial score (nSPS) is 23.9. The van der Waals surface area contributed by atoms with Gasteiger partial charge in [-0.25, -0.2) is 4.39 Å². The van der Waals surface area contributed by atoms with Gasteiger partial charge in [-0.3, -0.25) is 0 Å². The highest BCUT2D eigenvalue weighted by atomic mass is 19.1. The van der Waals surface area contributed by atoms with E-state index in [4.69, 9.17) is 0 Å². The van der Waals surface area contributed by atoms with Gasteiger partial charge in [0.2, 0.25) is 0 Å². The van der Waals surface area contributed by atoms with Gasteiger partial charge in [0.1, 0.15) is 5.82 Å². The second-order valence-corrected chi connectivity index (χ2v) is 6.40. The Morgan fingerprint density at radius 1 is 1.33 bits per heavy atom. The first kappa shape index (κ1) is 16.3. The van der Waals surface area contributed by atoms with E-state index in [2.05, 4.69) is 44.1 Å². The molecule has 1 aromatic carbocycles. The molecule has 0 radical (unpaired) electrons. The van der Waals surface area contributed by atoms with Crippen LogP contribution in [0.1, 0.15) is 58.1 Å². The molecule has 2 rings (SSSR count). The second kappa shape index (κ2) is 7.26. The second-order valence-electron chi connectivity index (χ2n) is 6.40. The average Bonchev–Trinajstić information content (AvgIpc) is 2.47. The lowest BCUT2D eigenvalue weighted by molar-refractivity contribution is 0.319. The standard InChI is InChI=1S/C18H29FN2/c1-5-20-14(3)15-10-8-11-16(19)18(15)21(4)17-12-7-6-9-13(17)2/h8,10-11,13-14,17,20H,5-7,9,12H2,1-4H3. The summed E-state index contributed by atoms with van der Waals surface area (Å²) >= 11 is 0. The van der Waals surface area contributed by atoms with E-state index in [9.17, 15) is 4.39 Å². The van der Waals surface area contributed by atoms with Crippen LogP contribution >= 0.6 is 0 Å². The molecule has 1 fully saturated rings. The zero-order chi connectivity index (χ0) is 15.4. The number of hydrogen-bond acceptors (Lipinski definition) is 2. The molecule has 1 saturated carbocycles. The molecule has 0 saturated heterocycles. The lowest BCUT2D eigenvalue weighted by Crippen LogP contribution is -2.40. The molecular weight excluding hydrogens is 263 g/mol. The molecule has 0 aliphatic heterocycles. The van der Waals surface area contributed by atoms with Gasteiger partial charge in [-0.1, -0.05) is 38.8 Å². The van der Waals surface area contributed by atoms with Crippen molar-refractivity contribution in [2.24, 2.45) is 5.92 Å². The summed E-state index contributed by atoms with van der Waals surface area (Å²) in [5.74, 6) is 0.531. The van der Waals surface area contributed by atoms with Gasteiger partial charge in [-0.2, -0.15) is 0 Å². The number of rotatable bonds is 5. The van der Waals surface area contributed by atoms with Gasteiger partial charge in [-0.15, -0.1) is 0 Å². The predicted octanol–water partition coefficient (Wildman–Crippen LogP) is 4.51. The molecule has 0 aromatic heterocycles. The summed E-state index contributed by atoms with van der Waals surface area (Å²) in [6.45, 7) is 7.39. The number of nitrogens with one attached hydrogen (secondary N) is 1. The molecule has 3 unspecified atom stereocenters. The summed E-state index contributed by atoms with van der Waals surface area (Å²) in [5, 5.41) is 3.41. The van der Waals surface area contributed by atoms with Crippen LogP contribution in [0.3, 0.4) is 0 Å². The van der Waals surface area contributed by atoms with Crippen molar-refractivity contribution in [3.05, 3.63) is 29.6 Å². The lowest BCUT2D eigenvalue weighted by atomic mass is 9.84. The molecule has 0 amide bonds. The van der Waals surface area contributed by atoms with E-state index in [0.29, 0.717) is 12.0 Å². The van der Waals surface area contributed by atoms with Crippen LogP contribution in [0.15, 0.2) is 18.2 Å². The number of nitrogens with zero attached hydrogens (tertiary/aromatic N) is 1. The molecular formula is C18H29FN2. The Bertz CT molecular complexity index is 461. The highest BCUT2D eigenvalue weighted by molar-refractivity contribution is 5.56. The summed E-state index contributed by atoms with van der Waals surface area (Å²) < 4.78 is 14.5. The van der Waals surface area contributed by atoms with Gasteiger partial charge in [0, 0.05) is 19.1 Å². The maximum absolute atomic E-state index is 14.5. The van der Waals surface area contributed by atoms with Gasteiger partial charge in [-0.05, 0) is 43.9 Å². The van der Waals surface area contributed by atoms with Crippen molar-refractivity contribution in [1.82, 2.24) is 5.32 Å². The zero-order valence-electron chi connectivity index (χ0n) is 13.8. The fourth-order valence-corrected chi connectivity index (χ4v) is 3.71. The Morgan fingerprint density at radius 2 is 2.05 bits per heavy atom. The molecule has 0 bridgehead atoms. The van der Waals surface area contributed by atoms with Gasteiger partial charge in [0.05, 0.1) is 5.69 Å². The molecule has 3 heteroatoms. The Hall–Kier alpha value is -1.09. The predicted molar refractivity (Wildman–Crippen MR) is 88.3 cm³/mol. The Morgan fingerprint density at radius 3 is 2.71 bits per heavy atom. The minimum atomic E-state index is -0.0995. The number of anilines is 1. The number of hydrogen-bond donors (Lipinski definition) is 1. The molecule has 1 aliphatic carbocycles. The summed E-state index contributed by atoms with van der Waals surface area (Å²) in [4.78, 5) is 2.20. The fraction of sp³-hybridized carbons (Fsp3) is 0.667. The monoisotopic (exact) mass is 292 g/mol. The lowest BCUT2D eigenvalue weighted by Gasteiger charge is -2.39. The third kappa shape index (κ3) is 3.57. The molecule has 3 atom stereocenters. The smallest absolute Gasteiger partial charge is 0.146 e. The first-order valence-electron chi connectivity index (χ1n) is 8.30. The van der Waals surface area contributed by atoms with Crippen LogP contribution in [0.5, 0.6) is 0 Å². The maximum Gasteiger partial charge on any atom is 0.146 e. The molecule has 0 heterocycles. The maximum atomic E-state index is 14.5. The van der Waals surface area contributed by atoms with Crippen LogP contribution in [0.2, 0.25) is 0 Å². The van der Waals surface area contributed by atoms with E-state index in [0.717, 1.165) is 17.8 Å². The molecule has 0 spiro atoms. The Balaban J connectivity index is 2.32. The van der Waals surface area contributed by atoms with Crippen LogP contribution in [0, 0.1) is 11.7 Å². The van der Waals surface area contributed by atoms with E-state index in [-0.39, 0.29) is 11.9 Å². The topological polar surface area (TPSA) is 15.3 Å². The fourth-order valence-electron chi connectivity index (χ4n) is 3.71. The van der Waals surface area contributed by atoms with Crippen LogP contribution in [0.4, 0.5) is 10.1 Å². The Kier molecular flexibility index (Phi) is 5.63. The van der Waals surface area contributed by atoms with Crippen molar-refractivity contribution < 1.29 is 4.39 Å². The largest absolute Gasteiger partial charge is 0.369 e. The van der Waals surface area contributed by atoms with Gasteiger partial charge in [0.25, 0.3) is 0 Å². The van der Waals surface area contributed by atoms with Crippen LogP contribution in [-0.2, 0) is 0 Å². The minimum absolute atomic E-state index is 0.0995. The SMILES string of the molecule is CCNC(C)c1cccc(F)c1N(C)C1CCCCC1C. The van der Waals surface area contributed by atoms with E-state index in [1.807, 2.05) is 6.07 Å². The number of benzene rings is 1. The number of halogens is 1. The van der Waals surface area contributed by atoms with Crippen molar-refractivity contribution in [3.8, 4) is 0 Å². The van der Waals surface area contributed by atoms with Gasteiger partial charge < -0.3 is 10.2 Å². The van der Waals surface area contributed by atoms with E-state index < -0.39 is 0 Å².